The number of nitrogens with zero attached hydrogens (tertiary/aromatic N) is 1. The molecule has 3 unspecified atom stereocenters. The maximum absolute atomic E-state index is 10.4. The van der Waals surface area contributed by atoms with Gasteiger partial charge in [0.05, 0.1) is 11.5 Å². The lowest BCUT2D eigenvalue weighted by atomic mass is 9.46. The molecule has 3 atom stereocenters. The second-order valence-electron chi connectivity index (χ2n) is 6.76. The van der Waals surface area contributed by atoms with Crippen molar-refractivity contribution in [2.75, 3.05) is 0 Å². The molecule has 0 amide bonds. The van der Waals surface area contributed by atoms with Gasteiger partial charge in [0.15, 0.2) is 0 Å². The molecule has 2 aliphatic rings. The molecule has 0 bridgehead atoms. The summed E-state index contributed by atoms with van der Waals surface area (Å²) in [7, 11) is 0. The Kier molecular flexibility index (Phi) is 2.73. The van der Waals surface area contributed by atoms with Crippen molar-refractivity contribution in [2.24, 2.45) is 11.3 Å². The van der Waals surface area contributed by atoms with E-state index in [0.29, 0.717) is 11.7 Å². The highest BCUT2D eigenvalue weighted by atomic mass is 16.3. The Bertz CT molecular complexity index is 627. The van der Waals surface area contributed by atoms with Gasteiger partial charge in [-0.1, -0.05) is 38.1 Å². The fraction of sp³-hybridized carbons (Fsp3) is 0.500. The molecule has 0 aliphatic heterocycles. The molecule has 104 valence electrons. The van der Waals surface area contributed by atoms with E-state index in [-0.39, 0.29) is 10.8 Å². The number of benzene rings is 1. The monoisotopic (exact) mass is 267 g/mol. The summed E-state index contributed by atoms with van der Waals surface area (Å²) in [5, 5.41) is 20.4. The topological polar surface area (TPSA) is 44.0 Å². The summed E-state index contributed by atoms with van der Waals surface area (Å²) in [5.74, 6) is 0.645. The fourth-order valence-corrected chi connectivity index (χ4v) is 4.68. The highest BCUT2D eigenvalue weighted by Gasteiger charge is 2.58. The Balaban J connectivity index is 2.31. The molecule has 0 saturated heterocycles. The molecule has 2 nitrogen and oxygen atoms in total. The molecule has 2 aliphatic carbocycles. The quantitative estimate of drug-likeness (QED) is 0.719. The highest BCUT2D eigenvalue weighted by Crippen LogP contribution is 2.62. The van der Waals surface area contributed by atoms with Gasteiger partial charge >= 0.3 is 0 Å². The van der Waals surface area contributed by atoms with Gasteiger partial charge in [-0.2, -0.15) is 5.26 Å². The lowest BCUT2D eigenvalue weighted by molar-refractivity contribution is 0.0726. The van der Waals surface area contributed by atoms with E-state index in [9.17, 15) is 10.4 Å². The Morgan fingerprint density at radius 1 is 1.45 bits per heavy atom. The zero-order valence-electron chi connectivity index (χ0n) is 12.2. The first-order valence-electron chi connectivity index (χ1n) is 7.34. The van der Waals surface area contributed by atoms with Gasteiger partial charge in [-0.05, 0) is 43.2 Å². The van der Waals surface area contributed by atoms with Crippen LogP contribution < -0.4 is 0 Å². The van der Waals surface area contributed by atoms with Gasteiger partial charge in [0.2, 0.25) is 0 Å². The van der Waals surface area contributed by atoms with Gasteiger partial charge in [0.1, 0.15) is 5.75 Å². The average Bonchev–Trinajstić information content (AvgIpc) is 2.38. The molecule has 3 rings (SSSR count). The standard InChI is InChI=1S/C18H21NO/c1-12-7-8-18(11-19)13(2)9-14-5-4-6-15(20)16(14)17(18,3)10-12/h4-6,13,20H,1,7-10H2,2-3H3. The minimum absolute atomic E-state index is 0.305. The average molecular weight is 267 g/mol. The third-order valence-corrected chi connectivity index (χ3v) is 5.71. The molecule has 0 heterocycles. The predicted molar refractivity (Wildman–Crippen MR) is 79.4 cm³/mol. The van der Waals surface area contributed by atoms with Gasteiger partial charge in [-0.25, -0.2) is 0 Å². The largest absolute Gasteiger partial charge is 0.508 e. The minimum atomic E-state index is -0.389. The van der Waals surface area contributed by atoms with Crippen molar-refractivity contribution in [3.05, 3.63) is 41.5 Å². The van der Waals surface area contributed by atoms with Gasteiger partial charge < -0.3 is 5.11 Å². The summed E-state index contributed by atoms with van der Waals surface area (Å²) < 4.78 is 0. The zero-order valence-corrected chi connectivity index (χ0v) is 12.2. The van der Waals surface area contributed by atoms with Crippen LogP contribution in [0.4, 0.5) is 0 Å². The molecular weight excluding hydrogens is 246 g/mol. The van der Waals surface area contributed by atoms with E-state index in [2.05, 4.69) is 32.6 Å². The fourth-order valence-electron chi connectivity index (χ4n) is 4.68. The van der Waals surface area contributed by atoms with Crippen LogP contribution in [0.1, 0.15) is 44.2 Å². The van der Waals surface area contributed by atoms with Crippen LogP contribution in [0.2, 0.25) is 0 Å². The molecule has 1 aromatic carbocycles. The maximum Gasteiger partial charge on any atom is 0.119 e. The van der Waals surface area contributed by atoms with Crippen molar-refractivity contribution in [2.45, 2.75) is 44.9 Å². The number of rotatable bonds is 0. The molecule has 0 spiro atoms. The number of allylic oxidation sites excluding steroid dienone is 1. The number of hydrogen-bond acceptors (Lipinski definition) is 2. The van der Waals surface area contributed by atoms with E-state index in [1.54, 1.807) is 6.07 Å². The molecule has 2 heteroatoms. The van der Waals surface area contributed by atoms with E-state index in [4.69, 9.17) is 0 Å². The van der Waals surface area contributed by atoms with Gasteiger partial charge in [0, 0.05) is 11.0 Å². The van der Waals surface area contributed by atoms with E-state index in [0.717, 1.165) is 31.2 Å². The second-order valence-corrected chi connectivity index (χ2v) is 6.76. The molecule has 1 fully saturated rings. The number of phenols is 1. The smallest absolute Gasteiger partial charge is 0.119 e. The van der Waals surface area contributed by atoms with Crippen molar-refractivity contribution >= 4 is 0 Å². The Morgan fingerprint density at radius 3 is 2.90 bits per heavy atom. The lowest BCUT2D eigenvalue weighted by Crippen LogP contribution is -2.53. The zero-order chi connectivity index (χ0) is 14.5. The van der Waals surface area contributed by atoms with Crippen molar-refractivity contribution in [3.63, 3.8) is 0 Å². The van der Waals surface area contributed by atoms with Crippen molar-refractivity contribution in [1.29, 1.82) is 5.26 Å². The molecule has 1 N–H and O–H groups in total. The second kappa shape index (κ2) is 4.12. The van der Waals surface area contributed by atoms with Gasteiger partial charge in [0.25, 0.3) is 0 Å². The maximum atomic E-state index is 10.4. The van der Waals surface area contributed by atoms with Crippen LogP contribution >= 0.6 is 0 Å². The lowest BCUT2D eigenvalue weighted by Gasteiger charge is -2.55. The van der Waals surface area contributed by atoms with Crippen molar-refractivity contribution in [3.8, 4) is 11.8 Å². The van der Waals surface area contributed by atoms with E-state index < -0.39 is 0 Å². The predicted octanol–water partition coefficient (Wildman–Crippen LogP) is 4.09. The number of nitriles is 1. The van der Waals surface area contributed by atoms with Crippen molar-refractivity contribution in [1.82, 2.24) is 0 Å². The summed E-state index contributed by atoms with van der Waals surface area (Å²) in [6.07, 6.45) is 3.46. The molecule has 0 radical (unpaired) electrons. The molecule has 1 saturated carbocycles. The minimum Gasteiger partial charge on any atom is -0.508 e. The normalized spacial score (nSPS) is 35.9. The first-order valence-corrected chi connectivity index (χ1v) is 7.34. The van der Waals surface area contributed by atoms with Crippen LogP contribution in [0.25, 0.3) is 0 Å². The summed E-state index contributed by atoms with van der Waals surface area (Å²) in [6, 6.07) is 8.39. The SMILES string of the molecule is C=C1CCC2(C#N)C(C)Cc3cccc(O)c3C2(C)C1. The van der Waals surface area contributed by atoms with Crippen LogP contribution in [0, 0.1) is 22.7 Å². The molecular formula is C18H21NO. The Hall–Kier alpha value is -1.75. The van der Waals surface area contributed by atoms with Crippen molar-refractivity contribution < 1.29 is 5.11 Å². The van der Waals surface area contributed by atoms with Crippen LogP contribution in [0.5, 0.6) is 5.75 Å². The van der Waals surface area contributed by atoms with E-state index in [1.807, 2.05) is 6.07 Å². The first kappa shape index (κ1) is 13.2. The van der Waals surface area contributed by atoms with Crippen LogP contribution in [-0.2, 0) is 11.8 Å². The highest BCUT2D eigenvalue weighted by molar-refractivity contribution is 5.52. The molecule has 1 aromatic rings. The third-order valence-electron chi connectivity index (χ3n) is 5.71. The summed E-state index contributed by atoms with van der Waals surface area (Å²) in [5.41, 5.74) is 2.66. The van der Waals surface area contributed by atoms with Gasteiger partial charge in [-0.15, -0.1) is 0 Å². The number of fused-ring (bicyclic) bond motifs is 3. The number of aromatic hydroxyl groups is 1. The van der Waals surface area contributed by atoms with Gasteiger partial charge in [-0.3, -0.25) is 0 Å². The summed E-state index contributed by atoms with van der Waals surface area (Å²) in [6.45, 7) is 8.48. The Morgan fingerprint density at radius 2 is 2.20 bits per heavy atom. The third kappa shape index (κ3) is 1.44. The summed E-state index contributed by atoms with van der Waals surface area (Å²) in [4.78, 5) is 0. The van der Waals surface area contributed by atoms with E-state index >= 15 is 0 Å². The molecule has 0 aromatic heterocycles. The number of hydrogen-bond donors (Lipinski definition) is 1. The van der Waals surface area contributed by atoms with Crippen LogP contribution in [0.15, 0.2) is 30.4 Å². The Labute approximate surface area is 120 Å². The van der Waals surface area contributed by atoms with Crippen LogP contribution in [0.3, 0.4) is 0 Å². The van der Waals surface area contributed by atoms with E-state index in [1.165, 1.54) is 11.1 Å². The number of phenolic OH excluding ortho intramolecular Hbond substituents is 1. The first-order chi connectivity index (χ1) is 9.44. The van der Waals surface area contributed by atoms with Crippen LogP contribution in [-0.4, -0.2) is 5.11 Å². The summed E-state index contributed by atoms with van der Waals surface area (Å²) >= 11 is 0. The molecule has 20 heavy (non-hydrogen) atoms.